The number of pyridine rings is 1. The van der Waals surface area contributed by atoms with Gasteiger partial charge in [0.2, 0.25) is 5.88 Å². The van der Waals surface area contributed by atoms with Crippen LogP contribution in [0.2, 0.25) is 0 Å². The minimum absolute atomic E-state index is 0.0209. The summed E-state index contributed by atoms with van der Waals surface area (Å²) in [6, 6.07) is 3.74. The molecule has 1 rings (SSSR count). The Morgan fingerprint density at radius 3 is 2.55 bits per heavy atom. The molecule has 1 N–H and O–H groups in total. The zero-order chi connectivity index (χ0) is 15.2. The van der Waals surface area contributed by atoms with E-state index in [1.807, 2.05) is 27.0 Å². The van der Waals surface area contributed by atoms with Gasteiger partial charge in [0.05, 0.1) is 6.61 Å². The Labute approximate surface area is 117 Å². The van der Waals surface area contributed by atoms with Gasteiger partial charge >= 0.3 is 6.18 Å². The van der Waals surface area contributed by atoms with Crippen molar-refractivity contribution < 1.29 is 17.9 Å². The molecule has 1 aromatic rings. The minimum atomic E-state index is -4.13. The Kier molecular flexibility index (Phi) is 6.26. The summed E-state index contributed by atoms with van der Waals surface area (Å²) in [5.74, 6) is 0.632. The zero-order valence-electron chi connectivity index (χ0n) is 12.0. The molecule has 1 aromatic heterocycles. The van der Waals surface area contributed by atoms with Gasteiger partial charge in [-0.25, -0.2) is 4.98 Å². The summed E-state index contributed by atoms with van der Waals surface area (Å²) in [6.07, 6.45) is -5.02. The van der Waals surface area contributed by atoms with Crippen LogP contribution >= 0.6 is 0 Å². The monoisotopic (exact) mass is 290 g/mol. The zero-order valence-corrected chi connectivity index (χ0v) is 12.0. The largest absolute Gasteiger partial charge is 0.478 e. The van der Waals surface area contributed by atoms with E-state index in [2.05, 4.69) is 10.3 Å². The number of nitrogens with one attached hydrogen (secondary N) is 1. The van der Waals surface area contributed by atoms with Crippen LogP contribution in [0.1, 0.15) is 43.9 Å². The van der Waals surface area contributed by atoms with Crippen LogP contribution in [0.5, 0.6) is 5.88 Å². The molecule has 0 radical (unpaired) electrons. The molecule has 0 aliphatic heterocycles. The predicted octanol–water partition coefficient (Wildman–Crippen LogP) is 3.65. The Balaban J connectivity index is 2.64. The number of rotatable bonds is 7. The van der Waals surface area contributed by atoms with Gasteiger partial charge in [0.1, 0.15) is 0 Å². The Morgan fingerprint density at radius 2 is 2.00 bits per heavy atom. The second-order valence-corrected chi connectivity index (χ2v) is 4.99. The molecule has 1 heterocycles. The summed E-state index contributed by atoms with van der Waals surface area (Å²) in [5.41, 5.74) is 1.89. The third-order valence-electron chi connectivity index (χ3n) is 2.71. The smallest absolute Gasteiger partial charge is 0.389 e. The lowest BCUT2D eigenvalue weighted by Crippen LogP contribution is -2.11. The van der Waals surface area contributed by atoms with Gasteiger partial charge in [0.15, 0.2) is 0 Å². The molecule has 0 saturated heterocycles. The van der Waals surface area contributed by atoms with E-state index in [4.69, 9.17) is 4.74 Å². The van der Waals surface area contributed by atoms with Crippen LogP contribution in [0.25, 0.3) is 0 Å². The maximum atomic E-state index is 12.0. The highest BCUT2D eigenvalue weighted by atomic mass is 19.4. The molecule has 0 bridgehead atoms. The third kappa shape index (κ3) is 6.23. The van der Waals surface area contributed by atoms with Crippen LogP contribution in [0.15, 0.2) is 12.1 Å². The second-order valence-electron chi connectivity index (χ2n) is 4.99. The molecular formula is C14H21F3N2O. The van der Waals surface area contributed by atoms with Gasteiger partial charge < -0.3 is 10.1 Å². The summed E-state index contributed by atoms with van der Waals surface area (Å²) < 4.78 is 41.4. The first kappa shape index (κ1) is 16.8. The van der Waals surface area contributed by atoms with Crippen LogP contribution in [0.3, 0.4) is 0 Å². The van der Waals surface area contributed by atoms with Crippen molar-refractivity contribution in [2.75, 3.05) is 13.7 Å². The maximum absolute atomic E-state index is 12.0. The van der Waals surface area contributed by atoms with E-state index in [-0.39, 0.29) is 18.9 Å². The van der Waals surface area contributed by atoms with Crippen molar-refractivity contribution >= 4 is 0 Å². The molecule has 0 saturated carbocycles. The second kappa shape index (κ2) is 7.47. The molecule has 6 heteroatoms. The lowest BCUT2D eigenvalue weighted by Gasteiger charge is -2.12. The van der Waals surface area contributed by atoms with Gasteiger partial charge in [-0.05, 0) is 31.0 Å². The van der Waals surface area contributed by atoms with Crippen molar-refractivity contribution in [3.05, 3.63) is 23.4 Å². The highest BCUT2D eigenvalue weighted by molar-refractivity contribution is 5.26. The first-order chi connectivity index (χ1) is 9.31. The SMILES string of the molecule is CNCc1cc(OCCCC(F)(F)F)nc(C(C)C)c1. The minimum Gasteiger partial charge on any atom is -0.478 e. The molecule has 0 unspecified atom stereocenters. The molecule has 0 fully saturated rings. The van der Waals surface area contributed by atoms with E-state index in [0.29, 0.717) is 12.4 Å². The number of ether oxygens (including phenoxy) is 1. The van der Waals surface area contributed by atoms with E-state index in [1.165, 1.54) is 0 Å². The van der Waals surface area contributed by atoms with Crippen molar-refractivity contribution in [2.45, 2.75) is 45.3 Å². The van der Waals surface area contributed by atoms with Crippen LogP contribution in [-0.4, -0.2) is 24.8 Å². The Hall–Kier alpha value is -1.30. The lowest BCUT2D eigenvalue weighted by atomic mass is 10.1. The summed E-state index contributed by atoms with van der Waals surface area (Å²) in [5, 5.41) is 3.03. The average Bonchev–Trinajstić information content (AvgIpc) is 2.33. The van der Waals surface area contributed by atoms with Crippen LogP contribution in [0.4, 0.5) is 13.2 Å². The fraction of sp³-hybridized carbons (Fsp3) is 0.643. The highest BCUT2D eigenvalue weighted by Crippen LogP contribution is 2.22. The number of hydrogen-bond donors (Lipinski definition) is 1. The van der Waals surface area contributed by atoms with Crippen LogP contribution in [0, 0.1) is 0 Å². The van der Waals surface area contributed by atoms with Crippen molar-refractivity contribution in [1.29, 1.82) is 0 Å². The predicted molar refractivity (Wildman–Crippen MR) is 71.9 cm³/mol. The molecule has 114 valence electrons. The number of hydrogen-bond acceptors (Lipinski definition) is 3. The average molecular weight is 290 g/mol. The van der Waals surface area contributed by atoms with Gasteiger partial charge in [-0.2, -0.15) is 13.2 Å². The fourth-order valence-electron chi connectivity index (χ4n) is 1.71. The highest BCUT2D eigenvalue weighted by Gasteiger charge is 2.26. The Bertz CT molecular complexity index is 419. The third-order valence-corrected chi connectivity index (χ3v) is 2.71. The van der Waals surface area contributed by atoms with Crippen molar-refractivity contribution in [3.63, 3.8) is 0 Å². The number of alkyl halides is 3. The van der Waals surface area contributed by atoms with E-state index < -0.39 is 12.6 Å². The van der Waals surface area contributed by atoms with Gasteiger partial charge in [-0.1, -0.05) is 13.8 Å². The van der Waals surface area contributed by atoms with Crippen molar-refractivity contribution in [2.24, 2.45) is 0 Å². The van der Waals surface area contributed by atoms with E-state index in [1.54, 1.807) is 6.07 Å². The van der Waals surface area contributed by atoms with Gasteiger partial charge in [-0.15, -0.1) is 0 Å². The van der Waals surface area contributed by atoms with E-state index in [9.17, 15) is 13.2 Å². The molecule has 0 aromatic carbocycles. The molecule has 0 amide bonds. The van der Waals surface area contributed by atoms with Crippen molar-refractivity contribution in [1.82, 2.24) is 10.3 Å². The molecule has 0 spiro atoms. The molecular weight excluding hydrogens is 269 g/mol. The van der Waals surface area contributed by atoms with Crippen molar-refractivity contribution in [3.8, 4) is 5.88 Å². The summed E-state index contributed by atoms with van der Waals surface area (Å²) >= 11 is 0. The fourth-order valence-corrected chi connectivity index (χ4v) is 1.71. The number of aromatic nitrogens is 1. The molecule has 0 aliphatic rings. The Morgan fingerprint density at radius 1 is 1.30 bits per heavy atom. The van der Waals surface area contributed by atoms with Gasteiger partial charge in [0.25, 0.3) is 0 Å². The molecule has 0 aliphatic carbocycles. The molecule has 3 nitrogen and oxygen atoms in total. The standard InChI is InChI=1S/C14H21F3N2O/c1-10(2)12-7-11(9-18-3)8-13(19-12)20-6-4-5-14(15,16)17/h7-8,10,18H,4-6,9H2,1-3H3. The maximum Gasteiger partial charge on any atom is 0.389 e. The number of halogens is 3. The first-order valence-corrected chi connectivity index (χ1v) is 6.67. The summed E-state index contributed by atoms with van der Waals surface area (Å²) in [4.78, 5) is 4.32. The van der Waals surface area contributed by atoms with Gasteiger partial charge in [-0.3, -0.25) is 0 Å². The first-order valence-electron chi connectivity index (χ1n) is 6.67. The normalized spacial score (nSPS) is 11.9. The van der Waals surface area contributed by atoms with Crippen LogP contribution in [-0.2, 0) is 6.54 Å². The van der Waals surface area contributed by atoms with Gasteiger partial charge in [0, 0.05) is 24.7 Å². The summed E-state index contributed by atoms with van der Waals surface area (Å²) in [7, 11) is 1.83. The lowest BCUT2D eigenvalue weighted by molar-refractivity contribution is -0.136. The molecule has 20 heavy (non-hydrogen) atoms. The topological polar surface area (TPSA) is 34.1 Å². The number of nitrogens with zero attached hydrogens (tertiary/aromatic N) is 1. The van der Waals surface area contributed by atoms with E-state index >= 15 is 0 Å². The summed E-state index contributed by atoms with van der Waals surface area (Å²) in [6.45, 7) is 4.71. The van der Waals surface area contributed by atoms with Crippen LogP contribution < -0.4 is 10.1 Å². The van der Waals surface area contributed by atoms with E-state index in [0.717, 1.165) is 11.3 Å². The quantitative estimate of drug-likeness (QED) is 0.778. The molecule has 0 atom stereocenters.